The first-order valence-corrected chi connectivity index (χ1v) is 7.68. The molecule has 3 N–H and O–H groups in total. The molecule has 0 aromatic heterocycles. The molecule has 0 aliphatic heterocycles. The maximum Gasteiger partial charge on any atom is 0.323 e. The molecule has 1 atom stereocenters. The van der Waals surface area contributed by atoms with Crippen LogP contribution in [0, 0.1) is 0 Å². The monoisotopic (exact) mass is 272 g/mol. The molecule has 0 aliphatic rings. The average Bonchev–Trinajstić information content (AvgIpc) is 2.36. The minimum Gasteiger partial charge on any atom is -0.480 e. The van der Waals surface area contributed by atoms with E-state index in [0.29, 0.717) is 6.42 Å². The first-order chi connectivity index (χ1) is 8.94. The van der Waals surface area contributed by atoms with Crippen molar-refractivity contribution in [1.82, 2.24) is 4.90 Å². The number of aliphatic carboxylic acids is 1. The maximum atomic E-state index is 10.9. The molecular formula is C15H32N2O2. The first kappa shape index (κ1) is 18.4. The van der Waals surface area contributed by atoms with E-state index in [-0.39, 0.29) is 0 Å². The molecule has 0 aliphatic carbocycles. The van der Waals surface area contributed by atoms with E-state index in [1.165, 1.54) is 25.7 Å². The van der Waals surface area contributed by atoms with E-state index in [1.54, 1.807) is 6.92 Å². The molecule has 0 radical (unpaired) electrons. The van der Waals surface area contributed by atoms with Gasteiger partial charge in [-0.1, -0.05) is 26.7 Å². The lowest BCUT2D eigenvalue weighted by Gasteiger charge is -2.23. The number of rotatable bonds is 12. The van der Waals surface area contributed by atoms with Crippen molar-refractivity contribution in [3.8, 4) is 0 Å². The van der Waals surface area contributed by atoms with Crippen molar-refractivity contribution in [2.24, 2.45) is 5.73 Å². The van der Waals surface area contributed by atoms with Crippen LogP contribution in [0.15, 0.2) is 0 Å². The summed E-state index contributed by atoms with van der Waals surface area (Å²) in [4.78, 5) is 13.4. The fourth-order valence-corrected chi connectivity index (χ4v) is 2.03. The van der Waals surface area contributed by atoms with Crippen molar-refractivity contribution in [2.75, 3.05) is 19.6 Å². The number of hydrogen-bond donors (Lipinski definition) is 2. The quantitative estimate of drug-likeness (QED) is 0.536. The lowest BCUT2D eigenvalue weighted by Crippen LogP contribution is -2.44. The highest BCUT2D eigenvalue weighted by Gasteiger charge is 2.26. The lowest BCUT2D eigenvalue weighted by atomic mass is 9.96. The number of carboxylic acids is 1. The zero-order valence-electron chi connectivity index (χ0n) is 13.0. The largest absolute Gasteiger partial charge is 0.480 e. The van der Waals surface area contributed by atoms with Crippen LogP contribution < -0.4 is 5.73 Å². The molecule has 0 bridgehead atoms. The summed E-state index contributed by atoms with van der Waals surface area (Å²) in [5.41, 5.74) is 4.65. The second-order valence-corrected chi connectivity index (χ2v) is 5.73. The highest BCUT2D eigenvalue weighted by Crippen LogP contribution is 2.12. The van der Waals surface area contributed by atoms with Crippen LogP contribution in [0.5, 0.6) is 0 Å². The van der Waals surface area contributed by atoms with Gasteiger partial charge in [-0.3, -0.25) is 4.79 Å². The normalized spacial score (nSPS) is 14.6. The van der Waals surface area contributed by atoms with Gasteiger partial charge in [0.2, 0.25) is 0 Å². The Labute approximate surface area is 118 Å². The summed E-state index contributed by atoms with van der Waals surface area (Å²) in [6.45, 7) is 9.41. The maximum absolute atomic E-state index is 10.9. The Bertz CT molecular complexity index is 234. The van der Waals surface area contributed by atoms with Gasteiger partial charge in [0.25, 0.3) is 0 Å². The van der Waals surface area contributed by atoms with Crippen LogP contribution in [0.2, 0.25) is 0 Å². The number of nitrogens with zero attached hydrogens (tertiary/aromatic N) is 1. The Morgan fingerprint density at radius 3 is 1.95 bits per heavy atom. The van der Waals surface area contributed by atoms with Crippen molar-refractivity contribution in [3.05, 3.63) is 0 Å². The molecule has 19 heavy (non-hydrogen) atoms. The van der Waals surface area contributed by atoms with Gasteiger partial charge in [0.15, 0.2) is 0 Å². The SMILES string of the molecule is CCCCN(CCCC)CCCCC(C)(N)C(=O)O. The van der Waals surface area contributed by atoms with E-state index in [2.05, 4.69) is 18.7 Å². The molecule has 1 unspecified atom stereocenters. The molecule has 0 saturated heterocycles. The van der Waals surface area contributed by atoms with Gasteiger partial charge in [-0.15, -0.1) is 0 Å². The lowest BCUT2D eigenvalue weighted by molar-refractivity contribution is -0.142. The zero-order valence-corrected chi connectivity index (χ0v) is 13.0. The third-order valence-corrected chi connectivity index (χ3v) is 3.56. The fraction of sp³-hybridized carbons (Fsp3) is 0.933. The van der Waals surface area contributed by atoms with Gasteiger partial charge in [0, 0.05) is 0 Å². The highest BCUT2D eigenvalue weighted by atomic mass is 16.4. The standard InChI is InChI=1S/C15H32N2O2/c1-4-6-11-17(12-7-5-2)13-9-8-10-15(3,16)14(18)19/h4-13,16H2,1-3H3,(H,18,19). The molecule has 0 heterocycles. The Morgan fingerprint density at radius 1 is 1.05 bits per heavy atom. The number of hydrogen-bond acceptors (Lipinski definition) is 3. The van der Waals surface area contributed by atoms with Gasteiger partial charge in [0.1, 0.15) is 5.54 Å². The van der Waals surface area contributed by atoms with Crippen molar-refractivity contribution < 1.29 is 9.90 Å². The minimum absolute atomic E-state index is 0.553. The number of carboxylic acid groups (broad SMARTS) is 1. The van der Waals surface area contributed by atoms with Crippen LogP contribution in [0.1, 0.15) is 65.7 Å². The number of carbonyl (C=O) groups is 1. The van der Waals surface area contributed by atoms with Gasteiger partial charge in [-0.25, -0.2) is 0 Å². The average molecular weight is 272 g/mol. The third-order valence-electron chi connectivity index (χ3n) is 3.56. The van der Waals surface area contributed by atoms with Gasteiger partial charge in [-0.05, 0) is 58.7 Å². The van der Waals surface area contributed by atoms with Crippen molar-refractivity contribution in [3.63, 3.8) is 0 Å². The molecule has 0 aromatic rings. The molecule has 0 amide bonds. The van der Waals surface area contributed by atoms with Crippen LogP contribution in [-0.2, 0) is 4.79 Å². The second kappa shape index (κ2) is 10.2. The van der Waals surface area contributed by atoms with E-state index in [1.807, 2.05) is 0 Å². The Balaban J connectivity index is 3.87. The van der Waals surface area contributed by atoms with Gasteiger partial charge in [-0.2, -0.15) is 0 Å². The molecule has 0 rings (SSSR count). The number of unbranched alkanes of at least 4 members (excludes halogenated alkanes) is 3. The topological polar surface area (TPSA) is 66.6 Å². The summed E-state index contributed by atoms with van der Waals surface area (Å²) >= 11 is 0. The Morgan fingerprint density at radius 2 is 1.53 bits per heavy atom. The molecule has 4 heteroatoms. The summed E-state index contributed by atoms with van der Waals surface area (Å²) in [5, 5.41) is 8.95. The molecule has 114 valence electrons. The molecule has 0 spiro atoms. The van der Waals surface area contributed by atoms with E-state index < -0.39 is 11.5 Å². The van der Waals surface area contributed by atoms with E-state index in [9.17, 15) is 4.79 Å². The highest BCUT2D eigenvalue weighted by molar-refractivity contribution is 5.77. The van der Waals surface area contributed by atoms with Gasteiger partial charge in [0.05, 0.1) is 0 Å². The predicted octanol–water partition coefficient (Wildman–Crippen LogP) is 2.86. The molecule has 0 fully saturated rings. The van der Waals surface area contributed by atoms with Crippen molar-refractivity contribution in [1.29, 1.82) is 0 Å². The fourth-order valence-electron chi connectivity index (χ4n) is 2.03. The summed E-state index contributed by atoms with van der Waals surface area (Å²) in [5.74, 6) is -0.902. The minimum atomic E-state index is -1.07. The number of nitrogens with two attached hydrogens (primary N) is 1. The Kier molecular flexibility index (Phi) is 9.88. The van der Waals surface area contributed by atoms with Gasteiger partial charge < -0.3 is 15.7 Å². The van der Waals surface area contributed by atoms with Crippen LogP contribution in [0.4, 0.5) is 0 Å². The van der Waals surface area contributed by atoms with E-state index >= 15 is 0 Å². The first-order valence-electron chi connectivity index (χ1n) is 7.68. The van der Waals surface area contributed by atoms with E-state index in [4.69, 9.17) is 10.8 Å². The summed E-state index contributed by atoms with van der Waals surface area (Å²) < 4.78 is 0. The van der Waals surface area contributed by atoms with Crippen LogP contribution in [0.25, 0.3) is 0 Å². The van der Waals surface area contributed by atoms with Crippen molar-refractivity contribution >= 4 is 5.97 Å². The van der Waals surface area contributed by atoms with E-state index in [0.717, 1.165) is 32.5 Å². The molecule has 0 saturated carbocycles. The summed E-state index contributed by atoms with van der Waals surface area (Å²) in [7, 11) is 0. The van der Waals surface area contributed by atoms with Gasteiger partial charge >= 0.3 is 5.97 Å². The second-order valence-electron chi connectivity index (χ2n) is 5.73. The van der Waals surface area contributed by atoms with Crippen LogP contribution >= 0.6 is 0 Å². The zero-order chi connectivity index (χ0) is 14.7. The molecular weight excluding hydrogens is 240 g/mol. The molecule has 4 nitrogen and oxygen atoms in total. The predicted molar refractivity (Wildman–Crippen MR) is 80.3 cm³/mol. The smallest absolute Gasteiger partial charge is 0.323 e. The Hall–Kier alpha value is -0.610. The van der Waals surface area contributed by atoms with Crippen molar-refractivity contribution in [2.45, 2.75) is 71.3 Å². The van der Waals surface area contributed by atoms with Crippen LogP contribution in [0.3, 0.4) is 0 Å². The summed E-state index contributed by atoms with van der Waals surface area (Å²) in [6, 6.07) is 0. The van der Waals surface area contributed by atoms with Crippen LogP contribution in [-0.4, -0.2) is 41.1 Å². The third kappa shape index (κ3) is 9.00. The summed E-state index contributed by atoms with van der Waals surface area (Å²) in [6.07, 6.45) is 7.41. The molecule has 0 aromatic carbocycles.